The Hall–Kier alpha value is 0.196. The number of hydrogen-bond donors (Lipinski definition) is 0. The van der Waals surface area contributed by atoms with Gasteiger partial charge in [0.15, 0.2) is 0 Å². The normalized spacial score (nSPS) is 14.1. The Morgan fingerprint density at radius 2 is 2.08 bits per heavy atom. The van der Waals surface area contributed by atoms with E-state index in [-0.39, 0.29) is 46.1 Å². The molecule has 5 heteroatoms. The Bertz CT molecular complexity index is 234. The van der Waals surface area contributed by atoms with E-state index >= 15 is 0 Å². The maximum atomic E-state index is 12.5. The average molecular weight is 247 g/mol. The molecule has 1 aliphatic carbocycles. The molecule has 0 saturated heterocycles. The van der Waals surface area contributed by atoms with Crippen LogP contribution in [0.5, 0.6) is 0 Å². The zero-order valence-corrected chi connectivity index (χ0v) is 9.40. The summed E-state index contributed by atoms with van der Waals surface area (Å²) in [5.41, 5.74) is 2.38. The van der Waals surface area contributed by atoms with Gasteiger partial charge in [0.05, 0.1) is 11.7 Å². The first-order valence-electron chi connectivity index (χ1n) is 2.65. The molecule has 0 atom stereocenters. The summed E-state index contributed by atoms with van der Waals surface area (Å²) in [7, 11) is 1.27. The molecule has 0 spiro atoms. The second-order valence-electron chi connectivity index (χ2n) is 1.69. The molecule has 0 unspecified atom stereocenters. The molecule has 1 aliphatic rings. The molecule has 12 heavy (non-hydrogen) atoms. The minimum atomic E-state index is -0.971. The van der Waals surface area contributed by atoms with Gasteiger partial charge in [-0.1, -0.05) is 0 Å². The Labute approximate surface area is 96.1 Å². The summed E-state index contributed by atoms with van der Waals surface area (Å²) in [4.78, 5) is 0. The van der Waals surface area contributed by atoms with E-state index in [4.69, 9.17) is 0 Å². The van der Waals surface area contributed by atoms with Gasteiger partial charge in [-0.25, -0.2) is 4.39 Å². The van der Waals surface area contributed by atoms with Crippen molar-refractivity contribution in [2.75, 3.05) is 7.11 Å². The monoisotopic (exact) mass is 246 g/mol. The third-order valence-electron chi connectivity index (χ3n) is 1.07. The van der Waals surface area contributed by atoms with Crippen LogP contribution >= 0.6 is 0 Å². The zero-order chi connectivity index (χ0) is 7.56. The Kier molecular flexibility index (Phi) is 8.19. The van der Waals surface area contributed by atoms with Crippen molar-refractivity contribution in [1.29, 1.82) is 0 Å². The minimum absolute atomic E-state index is 0. The van der Waals surface area contributed by atoms with Gasteiger partial charge < -0.3 is 21.7 Å². The number of rotatable bonds is 1. The van der Waals surface area contributed by atoms with E-state index in [1.165, 1.54) is 13.2 Å². The first-order valence-corrected chi connectivity index (χ1v) is 2.65. The second-order valence-corrected chi connectivity index (χ2v) is 1.69. The molecule has 0 aromatic rings. The summed E-state index contributed by atoms with van der Waals surface area (Å²) < 4.78 is 29.2. The van der Waals surface area contributed by atoms with Crippen molar-refractivity contribution in [1.82, 2.24) is 0 Å². The van der Waals surface area contributed by atoms with Gasteiger partial charge >= 0.3 is 23.1 Å². The molecule has 0 radical (unpaired) electrons. The van der Waals surface area contributed by atoms with E-state index in [2.05, 4.69) is 10.5 Å². The SMILES string of the molecule is CO[C-]1C=C=CC(F)=C1F.[Br-].[Mg+2]. The van der Waals surface area contributed by atoms with Crippen LogP contribution in [0.3, 0.4) is 0 Å². The van der Waals surface area contributed by atoms with Crippen molar-refractivity contribution in [3.63, 3.8) is 0 Å². The van der Waals surface area contributed by atoms with Crippen LogP contribution in [0.2, 0.25) is 0 Å². The van der Waals surface area contributed by atoms with Crippen LogP contribution < -0.4 is 17.0 Å². The van der Waals surface area contributed by atoms with Crippen LogP contribution in [0, 0.1) is 6.10 Å². The van der Waals surface area contributed by atoms with Gasteiger partial charge in [-0.15, -0.1) is 12.2 Å². The van der Waals surface area contributed by atoms with Crippen molar-refractivity contribution in [3.8, 4) is 0 Å². The molecular formula is C7H5BrF2MgO. The molecule has 1 rings (SSSR count). The molecule has 1 nitrogen and oxygen atoms in total. The first kappa shape index (κ1) is 14.7. The molecule has 0 saturated carbocycles. The molecule has 0 N–H and O–H groups in total. The van der Waals surface area contributed by atoms with E-state index in [9.17, 15) is 8.78 Å². The van der Waals surface area contributed by atoms with E-state index in [1.807, 2.05) is 0 Å². The van der Waals surface area contributed by atoms with Crippen molar-refractivity contribution in [2.24, 2.45) is 0 Å². The van der Waals surface area contributed by atoms with Crippen molar-refractivity contribution in [3.05, 3.63) is 35.6 Å². The first-order chi connectivity index (χ1) is 4.75. The summed E-state index contributed by atoms with van der Waals surface area (Å²) in [5.74, 6) is -1.92. The Morgan fingerprint density at radius 1 is 1.50 bits per heavy atom. The third kappa shape index (κ3) is 3.29. The standard InChI is InChI=1S/C7H5F2O.BrH.Mg/c1-10-6-4-2-3-5(8)7(6)9;;/h3-4H,1H3;1H;/q-1;;+2/p-1. The third-order valence-corrected chi connectivity index (χ3v) is 1.07. The van der Waals surface area contributed by atoms with E-state index in [0.29, 0.717) is 0 Å². The summed E-state index contributed by atoms with van der Waals surface area (Å²) >= 11 is 0. The summed E-state index contributed by atoms with van der Waals surface area (Å²) in [6.07, 6.45) is 2.02. The van der Waals surface area contributed by atoms with E-state index in [0.717, 1.165) is 6.08 Å². The zero-order valence-electron chi connectivity index (χ0n) is 6.40. The van der Waals surface area contributed by atoms with Crippen LogP contribution in [-0.4, -0.2) is 30.2 Å². The smallest absolute Gasteiger partial charge is 1.00 e. The number of allylic oxidation sites excluding steroid dienone is 1. The fraction of sp³-hybridized carbons (Fsp3) is 0.143. The van der Waals surface area contributed by atoms with Crippen molar-refractivity contribution in [2.45, 2.75) is 0 Å². The number of ether oxygens (including phenoxy) is 1. The molecular weight excluding hydrogens is 242 g/mol. The second kappa shape index (κ2) is 6.68. The molecule has 62 valence electrons. The molecule has 0 aromatic carbocycles. The number of halogens is 3. The Morgan fingerprint density at radius 3 is 2.50 bits per heavy atom. The molecule has 0 amide bonds. The van der Waals surface area contributed by atoms with E-state index < -0.39 is 11.7 Å². The molecule has 0 fully saturated rings. The quantitative estimate of drug-likeness (QED) is 0.317. The van der Waals surface area contributed by atoms with Gasteiger partial charge in [-0.05, 0) is 0 Å². The molecule has 0 heterocycles. The molecule has 0 bridgehead atoms. The van der Waals surface area contributed by atoms with Crippen LogP contribution in [0.1, 0.15) is 0 Å². The largest absolute Gasteiger partial charge is 2.00 e. The van der Waals surface area contributed by atoms with Gasteiger partial charge in [0.25, 0.3) is 0 Å². The minimum Gasteiger partial charge on any atom is -1.00 e. The van der Waals surface area contributed by atoms with Crippen LogP contribution in [-0.2, 0) is 4.74 Å². The number of methoxy groups -OCH3 is 1. The average Bonchev–Trinajstić information content (AvgIpc) is 1.95. The van der Waals surface area contributed by atoms with Gasteiger partial charge in [-0.3, -0.25) is 10.1 Å². The Balaban J connectivity index is 0. The van der Waals surface area contributed by atoms with Crippen LogP contribution in [0.4, 0.5) is 8.78 Å². The fourth-order valence-corrected chi connectivity index (χ4v) is 0.583. The van der Waals surface area contributed by atoms with Crippen LogP contribution in [0.15, 0.2) is 29.5 Å². The van der Waals surface area contributed by atoms with Gasteiger partial charge in [0.1, 0.15) is 0 Å². The fourth-order valence-electron chi connectivity index (χ4n) is 0.583. The van der Waals surface area contributed by atoms with Gasteiger partial charge in [-0.2, -0.15) is 0 Å². The summed E-state index contributed by atoms with van der Waals surface area (Å²) in [6.45, 7) is 0. The van der Waals surface area contributed by atoms with Gasteiger partial charge in [0, 0.05) is 13.2 Å². The maximum absolute atomic E-state index is 12.5. The summed E-state index contributed by atoms with van der Waals surface area (Å²) in [6, 6.07) is 0. The van der Waals surface area contributed by atoms with Gasteiger partial charge in [0.2, 0.25) is 0 Å². The van der Waals surface area contributed by atoms with Crippen LogP contribution in [0.25, 0.3) is 0 Å². The number of hydrogen-bond acceptors (Lipinski definition) is 1. The van der Waals surface area contributed by atoms with Crippen molar-refractivity contribution < 1.29 is 30.5 Å². The van der Waals surface area contributed by atoms with Crippen molar-refractivity contribution >= 4 is 23.1 Å². The maximum Gasteiger partial charge on any atom is 2.00 e. The molecule has 0 aromatic heterocycles. The molecule has 0 aliphatic heterocycles. The topological polar surface area (TPSA) is 9.23 Å². The summed E-state index contributed by atoms with van der Waals surface area (Å²) in [5, 5.41) is 0. The predicted molar refractivity (Wildman–Crippen MR) is 37.9 cm³/mol. The van der Waals surface area contributed by atoms with E-state index in [1.54, 1.807) is 0 Å². The predicted octanol–water partition coefficient (Wildman–Crippen LogP) is -1.34.